The molecular weight excluding hydrogens is 240 g/mol. The number of nitrogens with one attached hydrogen (secondary N) is 4. The lowest BCUT2D eigenvalue weighted by Crippen LogP contribution is -2.32. The van der Waals surface area contributed by atoms with Crippen molar-refractivity contribution in [2.45, 2.75) is 26.2 Å². The van der Waals surface area contributed by atoms with Crippen molar-refractivity contribution in [2.75, 3.05) is 26.7 Å². The van der Waals surface area contributed by atoms with Crippen LogP contribution in [0.15, 0.2) is 11.8 Å². The first-order valence-corrected chi connectivity index (χ1v) is 6.58. The van der Waals surface area contributed by atoms with Gasteiger partial charge in [-0.2, -0.15) is 0 Å². The lowest BCUT2D eigenvalue weighted by atomic mass is 10.2. The molecule has 0 aliphatic carbocycles. The number of allylic oxidation sites excluding steroid dienone is 1. The Hall–Kier alpha value is -1.80. The van der Waals surface area contributed by atoms with E-state index in [1.54, 1.807) is 13.2 Å². The zero-order valence-electron chi connectivity index (χ0n) is 11.8. The Labute approximate surface area is 115 Å². The minimum absolute atomic E-state index is 0.000647. The fourth-order valence-corrected chi connectivity index (χ4v) is 1.23. The highest BCUT2D eigenvalue weighted by atomic mass is 16.1. The molecule has 0 saturated carbocycles. The van der Waals surface area contributed by atoms with Crippen LogP contribution in [0, 0.1) is 17.3 Å². The molecular formula is C14H24N4O. The van der Waals surface area contributed by atoms with Gasteiger partial charge in [0.2, 0.25) is 5.91 Å². The van der Waals surface area contributed by atoms with Crippen molar-refractivity contribution in [2.24, 2.45) is 0 Å². The zero-order valence-corrected chi connectivity index (χ0v) is 11.8. The topological polar surface area (TPSA) is 77.0 Å². The Morgan fingerprint density at radius 3 is 2.79 bits per heavy atom. The number of hydrogen-bond acceptors (Lipinski definition) is 4. The normalized spacial score (nSPS) is 10.3. The third kappa shape index (κ3) is 11.0. The van der Waals surface area contributed by atoms with E-state index in [0.717, 1.165) is 19.4 Å². The summed E-state index contributed by atoms with van der Waals surface area (Å²) < 4.78 is 0. The average Bonchev–Trinajstić information content (AvgIpc) is 2.41. The molecule has 0 aromatic carbocycles. The van der Waals surface area contributed by atoms with E-state index in [4.69, 9.17) is 5.41 Å². The predicted molar refractivity (Wildman–Crippen MR) is 79.1 cm³/mol. The Bertz CT molecular complexity index is 352. The van der Waals surface area contributed by atoms with Crippen LogP contribution < -0.4 is 16.0 Å². The summed E-state index contributed by atoms with van der Waals surface area (Å²) in [4.78, 5) is 11.1. The van der Waals surface area contributed by atoms with Gasteiger partial charge in [0.15, 0.2) is 0 Å². The van der Waals surface area contributed by atoms with E-state index in [0.29, 0.717) is 25.1 Å². The zero-order chi connectivity index (χ0) is 14.3. The number of amides is 1. The van der Waals surface area contributed by atoms with Crippen LogP contribution in [0.5, 0.6) is 0 Å². The van der Waals surface area contributed by atoms with Gasteiger partial charge in [-0.25, -0.2) is 0 Å². The second kappa shape index (κ2) is 12.7. The molecule has 0 atom stereocenters. The molecule has 0 aliphatic heterocycles. The molecule has 5 nitrogen and oxygen atoms in total. The van der Waals surface area contributed by atoms with Crippen molar-refractivity contribution >= 4 is 12.1 Å². The first kappa shape index (κ1) is 17.2. The van der Waals surface area contributed by atoms with E-state index in [9.17, 15) is 4.79 Å². The van der Waals surface area contributed by atoms with Crippen LogP contribution in [0.4, 0.5) is 0 Å². The maximum Gasteiger partial charge on any atom is 0.233 e. The van der Waals surface area contributed by atoms with E-state index in [1.165, 1.54) is 6.21 Å². The molecule has 0 fully saturated rings. The summed E-state index contributed by atoms with van der Waals surface area (Å²) in [7, 11) is 1.74. The molecule has 0 bridgehead atoms. The summed E-state index contributed by atoms with van der Waals surface area (Å²) in [6.45, 7) is 3.94. The minimum atomic E-state index is -0.000647. The molecule has 0 spiro atoms. The fraction of sp³-hybridized carbons (Fsp3) is 0.571. The van der Waals surface area contributed by atoms with Crippen molar-refractivity contribution < 1.29 is 4.79 Å². The summed E-state index contributed by atoms with van der Waals surface area (Å²) in [6.07, 6.45) is 5.57. The van der Waals surface area contributed by atoms with Crippen molar-refractivity contribution in [3.8, 4) is 11.8 Å². The second-order valence-electron chi connectivity index (χ2n) is 3.98. The monoisotopic (exact) mass is 264 g/mol. The number of likely N-dealkylation sites (N-methyl/N-ethyl adjacent to an activating group) is 1. The molecule has 0 heterocycles. The van der Waals surface area contributed by atoms with Gasteiger partial charge in [-0.05, 0) is 19.9 Å². The largest absolute Gasteiger partial charge is 0.390 e. The van der Waals surface area contributed by atoms with Gasteiger partial charge in [-0.15, -0.1) is 0 Å². The second-order valence-corrected chi connectivity index (χ2v) is 3.98. The molecule has 106 valence electrons. The molecule has 0 aromatic rings. The Balaban J connectivity index is 3.80. The molecule has 0 aromatic heterocycles. The van der Waals surface area contributed by atoms with Gasteiger partial charge in [-0.1, -0.05) is 18.8 Å². The summed E-state index contributed by atoms with van der Waals surface area (Å²) in [5.74, 6) is 5.91. The molecule has 19 heavy (non-hydrogen) atoms. The molecule has 0 rings (SSSR count). The van der Waals surface area contributed by atoms with E-state index in [2.05, 4.69) is 34.7 Å². The van der Waals surface area contributed by atoms with E-state index < -0.39 is 0 Å². The Kier molecular flexibility index (Phi) is 11.5. The van der Waals surface area contributed by atoms with Gasteiger partial charge in [0.1, 0.15) is 0 Å². The molecule has 0 saturated heterocycles. The van der Waals surface area contributed by atoms with Crippen molar-refractivity contribution in [3.63, 3.8) is 0 Å². The van der Waals surface area contributed by atoms with Crippen molar-refractivity contribution in [1.29, 1.82) is 5.41 Å². The highest BCUT2D eigenvalue weighted by Gasteiger charge is 1.95. The van der Waals surface area contributed by atoms with E-state index >= 15 is 0 Å². The third-order valence-corrected chi connectivity index (χ3v) is 2.18. The number of carbonyl (C=O) groups excluding carboxylic acids is 1. The Morgan fingerprint density at radius 2 is 2.16 bits per heavy atom. The molecule has 0 unspecified atom stereocenters. The minimum Gasteiger partial charge on any atom is -0.390 e. The van der Waals surface area contributed by atoms with Gasteiger partial charge in [-0.3, -0.25) is 4.79 Å². The maximum atomic E-state index is 11.1. The first-order valence-electron chi connectivity index (χ1n) is 6.58. The first-order chi connectivity index (χ1) is 9.24. The maximum absolute atomic E-state index is 11.1. The summed E-state index contributed by atoms with van der Waals surface area (Å²) in [5, 5.41) is 15.9. The average molecular weight is 264 g/mol. The van der Waals surface area contributed by atoms with Gasteiger partial charge >= 0.3 is 0 Å². The van der Waals surface area contributed by atoms with Crippen LogP contribution in [-0.4, -0.2) is 38.8 Å². The highest BCUT2D eigenvalue weighted by Crippen LogP contribution is 1.88. The van der Waals surface area contributed by atoms with Crippen molar-refractivity contribution in [3.05, 3.63) is 11.8 Å². The summed E-state index contributed by atoms with van der Waals surface area (Å²) in [6, 6.07) is 0. The van der Waals surface area contributed by atoms with E-state index in [1.807, 2.05) is 0 Å². The van der Waals surface area contributed by atoms with Crippen LogP contribution in [0.25, 0.3) is 0 Å². The van der Waals surface area contributed by atoms with Crippen LogP contribution >= 0.6 is 0 Å². The van der Waals surface area contributed by atoms with Crippen LogP contribution in [0.1, 0.15) is 26.2 Å². The number of hydrogen-bond donors (Lipinski definition) is 4. The lowest BCUT2D eigenvalue weighted by Gasteiger charge is -2.01. The van der Waals surface area contributed by atoms with Crippen LogP contribution in [0.2, 0.25) is 0 Å². The summed E-state index contributed by atoms with van der Waals surface area (Å²) >= 11 is 0. The quantitative estimate of drug-likeness (QED) is 0.280. The number of rotatable bonds is 9. The lowest BCUT2D eigenvalue weighted by molar-refractivity contribution is -0.120. The molecule has 1 amide bonds. The number of carbonyl (C=O) groups is 1. The van der Waals surface area contributed by atoms with Crippen LogP contribution in [-0.2, 0) is 4.79 Å². The molecule has 0 radical (unpaired) electrons. The van der Waals surface area contributed by atoms with Gasteiger partial charge in [0, 0.05) is 31.9 Å². The summed E-state index contributed by atoms with van der Waals surface area (Å²) in [5.41, 5.74) is 0.674. The molecule has 0 aliphatic rings. The number of unbranched alkanes of at least 4 members (excludes halogenated alkanes) is 1. The fourth-order valence-electron chi connectivity index (χ4n) is 1.23. The van der Waals surface area contributed by atoms with Crippen molar-refractivity contribution in [1.82, 2.24) is 16.0 Å². The van der Waals surface area contributed by atoms with Gasteiger partial charge in [0.25, 0.3) is 0 Å². The van der Waals surface area contributed by atoms with Crippen LogP contribution in [0.3, 0.4) is 0 Å². The standard InChI is InChI=1S/C14H24N4O/c1-3-8-17-11-13(10-15)7-5-4-6-9-18-14(19)12-16-2/h10-11,15-17H,3-4,6,8-9,12H2,1-2H3,(H,18,19)/b13-11+,15-10?. The molecule has 5 heteroatoms. The highest BCUT2D eigenvalue weighted by molar-refractivity contribution is 5.82. The van der Waals surface area contributed by atoms with E-state index in [-0.39, 0.29) is 5.91 Å². The molecule has 4 N–H and O–H groups in total. The SMILES string of the molecule is CCCN/C=C(\C#CCCCNC(=O)CNC)C=N. The third-order valence-electron chi connectivity index (χ3n) is 2.18. The van der Waals surface area contributed by atoms with Gasteiger partial charge in [0.05, 0.1) is 12.1 Å². The predicted octanol–water partition coefficient (Wildman–Crippen LogP) is 0.639. The van der Waals surface area contributed by atoms with Gasteiger partial charge < -0.3 is 21.4 Å². The smallest absolute Gasteiger partial charge is 0.233 e. The Morgan fingerprint density at radius 1 is 1.37 bits per heavy atom.